The Morgan fingerprint density at radius 2 is 1.14 bits per heavy atom. The molecule has 2 rings (SSSR count). The molecule has 2 saturated carbocycles. The van der Waals surface area contributed by atoms with Gasteiger partial charge in [-0.25, -0.2) is 0 Å². The van der Waals surface area contributed by atoms with E-state index in [0.29, 0.717) is 0 Å². The highest BCUT2D eigenvalue weighted by Gasteiger charge is 2.30. The average Bonchev–Trinajstić information content (AvgIpc) is 2.21. The lowest BCUT2D eigenvalue weighted by atomic mass is 9.71. The highest BCUT2D eigenvalue weighted by Crippen LogP contribution is 2.39. The maximum Gasteiger partial charge on any atom is 0.153 e. The van der Waals surface area contributed by atoms with Crippen molar-refractivity contribution in [2.24, 2.45) is 17.8 Å². The van der Waals surface area contributed by atoms with Crippen LogP contribution in [-0.4, -0.2) is 11.2 Å². The van der Waals surface area contributed by atoms with Crippen molar-refractivity contribution in [2.75, 3.05) is 0 Å². The summed E-state index contributed by atoms with van der Waals surface area (Å²) in [4.78, 5) is 0. The van der Waals surface area contributed by atoms with E-state index in [2.05, 4.69) is 6.92 Å². The highest BCUT2D eigenvalue weighted by molar-refractivity contribution is 4.80. The molecule has 2 aliphatic carbocycles. The third-order valence-electron chi connectivity index (χ3n) is 4.50. The fourth-order valence-electron chi connectivity index (χ4n) is 3.35. The molecular weight excluding hydrogens is 172 g/mol. The smallest absolute Gasteiger partial charge is 0.153 e. The normalized spacial score (nSPS) is 45.0. The van der Waals surface area contributed by atoms with Crippen molar-refractivity contribution in [2.45, 2.75) is 64.4 Å². The third kappa shape index (κ3) is 2.50. The van der Waals surface area contributed by atoms with Gasteiger partial charge in [0.25, 0.3) is 0 Å². The Hall–Kier alpha value is -0.0400. The molecule has 0 aromatic heterocycles. The van der Waals surface area contributed by atoms with Crippen LogP contribution >= 0.6 is 0 Å². The largest absolute Gasteiger partial charge is 0.443 e. The fourth-order valence-corrected chi connectivity index (χ4v) is 3.35. The minimum absolute atomic E-state index is 0.272. The predicted octanol–water partition coefficient (Wildman–Crippen LogP) is 3.10. The van der Waals surface area contributed by atoms with Crippen molar-refractivity contribution in [1.82, 2.24) is 0 Å². The Morgan fingerprint density at radius 1 is 0.714 bits per heavy atom. The Bertz CT molecular complexity index is 142. The summed E-state index contributed by atoms with van der Waals surface area (Å²) in [6, 6.07) is 0. The zero-order chi connectivity index (χ0) is 9.97. The molecule has 0 bridgehead atoms. The zero-order valence-corrected chi connectivity index (χ0v) is 9.47. The zero-order valence-electron chi connectivity index (χ0n) is 9.47. The Labute approximate surface area is 87.9 Å². The lowest BCUT2D eigenvalue weighted by Crippen LogP contribution is -2.26. The summed E-state index contributed by atoms with van der Waals surface area (Å²) in [6.07, 6.45) is 11.2. The minimum atomic E-state index is 0.272. The summed E-state index contributed by atoms with van der Waals surface area (Å²) < 4.78 is 0. The maximum atomic E-state index is 7.71. The molecule has 14 heavy (non-hydrogen) atoms. The van der Waals surface area contributed by atoms with Crippen molar-refractivity contribution in [3.05, 3.63) is 0 Å². The second-order valence-electron chi connectivity index (χ2n) is 5.63. The lowest BCUT2D eigenvalue weighted by molar-refractivity contribution is 0.0780. The number of hydrogen-bond donors (Lipinski definition) is 0. The van der Waals surface area contributed by atoms with Gasteiger partial charge in [0.2, 0.25) is 0 Å². The molecule has 0 saturated heterocycles. The molecule has 1 heteroatoms. The van der Waals surface area contributed by atoms with E-state index < -0.39 is 0 Å². The SMILES string of the molecule is CC1CCC(C2CCC([OH2+])CC2)CC1. The van der Waals surface area contributed by atoms with Gasteiger partial charge in [-0.1, -0.05) is 19.8 Å². The van der Waals surface area contributed by atoms with E-state index in [1.165, 1.54) is 51.4 Å². The van der Waals surface area contributed by atoms with Gasteiger partial charge in [-0.3, -0.25) is 0 Å². The van der Waals surface area contributed by atoms with Gasteiger partial charge in [-0.15, -0.1) is 0 Å². The van der Waals surface area contributed by atoms with Crippen molar-refractivity contribution >= 4 is 0 Å². The van der Waals surface area contributed by atoms with Crippen LogP contribution < -0.4 is 0 Å². The second-order valence-corrected chi connectivity index (χ2v) is 5.63. The van der Waals surface area contributed by atoms with Gasteiger partial charge in [-0.05, 0) is 43.4 Å². The van der Waals surface area contributed by atoms with Gasteiger partial charge in [-0.2, -0.15) is 0 Å². The van der Waals surface area contributed by atoms with E-state index in [4.69, 9.17) is 5.11 Å². The van der Waals surface area contributed by atoms with Crippen LogP contribution in [0.5, 0.6) is 0 Å². The molecule has 0 aliphatic heterocycles. The Morgan fingerprint density at radius 3 is 1.64 bits per heavy atom. The summed E-state index contributed by atoms with van der Waals surface area (Å²) in [6.45, 7) is 2.40. The molecule has 0 radical (unpaired) electrons. The summed E-state index contributed by atoms with van der Waals surface area (Å²) in [5.41, 5.74) is 0. The molecule has 0 unspecified atom stereocenters. The van der Waals surface area contributed by atoms with Gasteiger partial charge < -0.3 is 5.11 Å². The molecule has 0 aromatic carbocycles. The van der Waals surface area contributed by atoms with Gasteiger partial charge in [0, 0.05) is 12.8 Å². The minimum Gasteiger partial charge on any atom is -0.443 e. The van der Waals surface area contributed by atoms with Gasteiger partial charge in [0.1, 0.15) is 0 Å². The first kappa shape index (κ1) is 10.5. The fraction of sp³-hybridized carbons (Fsp3) is 1.00. The predicted molar refractivity (Wildman–Crippen MR) is 60.5 cm³/mol. The standard InChI is InChI=1S/C13H24O/c1-10-2-4-11(5-3-10)12-6-8-13(14)9-7-12/h10-14H,2-9H2,1H3/p+1. The number of rotatable bonds is 1. The first-order valence-electron chi connectivity index (χ1n) is 6.47. The molecule has 2 aliphatic rings. The van der Waals surface area contributed by atoms with Gasteiger partial charge in [0.15, 0.2) is 6.10 Å². The summed E-state index contributed by atoms with van der Waals surface area (Å²) in [7, 11) is 0. The van der Waals surface area contributed by atoms with Crippen molar-refractivity contribution in [3.63, 3.8) is 0 Å². The molecule has 0 spiro atoms. The van der Waals surface area contributed by atoms with Gasteiger partial charge in [0.05, 0.1) is 0 Å². The highest BCUT2D eigenvalue weighted by atomic mass is 16.3. The van der Waals surface area contributed by atoms with Crippen LogP contribution in [0.4, 0.5) is 0 Å². The van der Waals surface area contributed by atoms with Crippen molar-refractivity contribution < 1.29 is 5.11 Å². The number of hydrogen-bond acceptors (Lipinski definition) is 0. The topological polar surface area (TPSA) is 22.9 Å². The van der Waals surface area contributed by atoms with Crippen LogP contribution in [-0.2, 0) is 0 Å². The molecule has 0 aromatic rings. The lowest BCUT2D eigenvalue weighted by Gasteiger charge is -2.35. The molecule has 82 valence electrons. The van der Waals surface area contributed by atoms with E-state index in [9.17, 15) is 0 Å². The summed E-state index contributed by atoms with van der Waals surface area (Å²) in [5.74, 6) is 3.00. The van der Waals surface area contributed by atoms with Crippen molar-refractivity contribution in [3.8, 4) is 0 Å². The van der Waals surface area contributed by atoms with E-state index in [0.717, 1.165) is 17.8 Å². The molecule has 0 atom stereocenters. The van der Waals surface area contributed by atoms with E-state index in [1.54, 1.807) is 0 Å². The monoisotopic (exact) mass is 197 g/mol. The molecule has 0 heterocycles. The van der Waals surface area contributed by atoms with Crippen LogP contribution in [0.15, 0.2) is 0 Å². The molecule has 2 N–H and O–H groups in total. The first-order valence-corrected chi connectivity index (χ1v) is 6.47. The Kier molecular flexibility index (Phi) is 3.48. The Balaban J connectivity index is 1.78. The van der Waals surface area contributed by atoms with Crippen LogP contribution in [0.2, 0.25) is 0 Å². The van der Waals surface area contributed by atoms with Crippen LogP contribution in [0.25, 0.3) is 0 Å². The summed E-state index contributed by atoms with van der Waals surface area (Å²) in [5, 5.41) is 7.71. The van der Waals surface area contributed by atoms with Crippen LogP contribution in [0.1, 0.15) is 58.3 Å². The van der Waals surface area contributed by atoms with Crippen molar-refractivity contribution in [1.29, 1.82) is 0 Å². The molecular formula is C13H25O+. The quantitative estimate of drug-likeness (QED) is 0.577. The first-order chi connectivity index (χ1) is 6.75. The van der Waals surface area contributed by atoms with Crippen LogP contribution in [0, 0.1) is 17.8 Å². The molecule has 2 fully saturated rings. The van der Waals surface area contributed by atoms with Crippen LogP contribution in [0.3, 0.4) is 0 Å². The summed E-state index contributed by atoms with van der Waals surface area (Å²) >= 11 is 0. The molecule has 0 amide bonds. The average molecular weight is 197 g/mol. The van der Waals surface area contributed by atoms with E-state index >= 15 is 0 Å². The van der Waals surface area contributed by atoms with Gasteiger partial charge >= 0.3 is 0 Å². The van der Waals surface area contributed by atoms with E-state index in [-0.39, 0.29) is 6.10 Å². The second kappa shape index (κ2) is 4.65. The third-order valence-corrected chi connectivity index (χ3v) is 4.50. The van der Waals surface area contributed by atoms with E-state index in [1.807, 2.05) is 0 Å². The molecule has 1 nitrogen and oxygen atoms in total. The maximum absolute atomic E-state index is 7.71.